The van der Waals surface area contributed by atoms with Gasteiger partial charge in [-0.25, -0.2) is 0 Å². The van der Waals surface area contributed by atoms with Gasteiger partial charge in [0, 0.05) is 0 Å². The largest absolute Gasteiger partial charge is 0.0622 e. The summed E-state index contributed by atoms with van der Waals surface area (Å²) in [5.41, 5.74) is 14.7. The highest BCUT2D eigenvalue weighted by molar-refractivity contribution is 6.24. The van der Waals surface area contributed by atoms with Gasteiger partial charge in [0.05, 0.1) is 0 Å². The normalized spacial score (nSPS) is 11.7. The van der Waals surface area contributed by atoms with Gasteiger partial charge >= 0.3 is 0 Å². The molecule has 64 heavy (non-hydrogen) atoms. The molecular weight excluding hydrogens is 769 g/mol. The van der Waals surface area contributed by atoms with Crippen LogP contribution in [0.2, 0.25) is 0 Å². The first-order chi connectivity index (χ1) is 31.8. The molecule has 0 aromatic heterocycles. The van der Waals surface area contributed by atoms with Crippen LogP contribution >= 0.6 is 0 Å². The molecule has 0 aliphatic carbocycles. The van der Waals surface area contributed by atoms with Gasteiger partial charge in [-0.1, -0.05) is 237 Å². The van der Waals surface area contributed by atoms with E-state index in [1.165, 1.54) is 121 Å². The van der Waals surface area contributed by atoms with E-state index in [2.05, 4.69) is 255 Å². The summed E-state index contributed by atoms with van der Waals surface area (Å²) < 4.78 is 0. The minimum atomic E-state index is 1.19. The van der Waals surface area contributed by atoms with Crippen molar-refractivity contribution in [3.8, 4) is 55.6 Å². The van der Waals surface area contributed by atoms with Crippen LogP contribution in [0.1, 0.15) is 11.1 Å². The van der Waals surface area contributed by atoms with Crippen molar-refractivity contribution in [1.29, 1.82) is 0 Å². The Morgan fingerprint density at radius 3 is 1.12 bits per heavy atom. The fourth-order valence-corrected chi connectivity index (χ4v) is 10.1. The molecular formula is C64H42. The van der Waals surface area contributed by atoms with Crippen LogP contribution in [0.3, 0.4) is 0 Å². The van der Waals surface area contributed by atoms with Crippen LogP contribution in [0.25, 0.3) is 122 Å². The van der Waals surface area contributed by atoms with Crippen LogP contribution < -0.4 is 0 Å². The highest BCUT2D eigenvalue weighted by Crippen LogP contribution is 2.47. The third kappa shape index (κ3) is 6.48. The average Bonchev–Trinajstić information content (AvgIpc) is 3.37. The molecule has 0 N–H and O–H groups in total. The van der Waals surface area contributed by atoms with Crippen LogP contribution in [0.4, 0.5) is 0 Å². The van der Waals surface area contributed by atoms with Crippen molar-refractivity contribution in [3.63, 3.8) is 0 Å². The SMILES string of the molecule is C(=C\c1ccc(-c2c3ccccc3c(-c3cc(-c4ccccc4)cc(-c4ccccc4)c3)c3ccccc23)c2ccccc12)/c1ccc(-c2cccc3ccccc23)c2ccccc12. The fourth-order valence-electron chi connectivity index (χ4n) is 10.1. The van der Waals surface area contributed by atoms with Gasteiger partial charge in [-0.15, -0.1) is 0 Å². The molecule has 298 valence electrons. The van der Waals surface area contributed by atoms with Crippen LogP contribution in [0.5, 0.6) is 0 Å². The minimum absolute atomic E-state index is 1.19. The fraction of sp³-hybridized carbons (Fsp3) is 0. The van der Waals surface area contributed by atoms with E-state index >= 15 is 0 Å². The molecule has 0 nitrogen and oxygen atoms in total. The third-order valence-corrected chi connectivity index (χ3v) is 13.1. The molecule has 0 atom stereocenters. The zero-order valence-corrected chi connectivity index (χ0v) is 35.2. The van der Waals surface area contributed by atoms with Crippen molar-refractivity contribution in [2.24, 2.45) is 0 Å². The quantitative estimate of drug-likeness (QED) is 0.111. The number of fused-ring (bicyclic) bond motifs is 5. The first kappa shape index (κ1) is 37.4. The Kier molecular flexibility index (Phi) is 9.28. The predicted octanol–water partition coefficient (Wildman–Crippen LogP) is 18.0. The topological polar surface area (TPSA) is 0 Å². The molecule has 12 aromatic carbocycles. The Morgan fingerprint density at radius 1 is 0.203 bits per heavy atom. The third-order valence-electron chi connectivity index (χ3n) is 13.1. The number of benzene rings is 12. The zero-order chi connectivity index (χ0) is 42.4. The summed E-state index contributed by atoms with van der Waals surface area (Å²) in [5, 5.41) is 12.5. The zero-order valence-electron chi connectivity index (χ0n) is 35.2. The van der Waals surface area contributed by atoms with Crippen molar-refractivity contribution in [3.05, 3.63) is 254 Å². The van der Waals surface area contributed by atoms with Crippen LogP contribution in [-0.4, -0.2) is 0 Å². The van der Waals surface area contributed by atoms with E-state index < -0.39 is 0 Å². The van der Waals surface area contributed by atoms with E-state index in [0.29, 0.717) is 0 Å². The van der Waals surface area contributed by atoms with Crippen LogP contribution in [-0.2, 0) is 0 Å². The molecule has 0 heteroatoms. The summed E-state index contributed by atoms with van der Waals surface area (Å²) in [6, 6.07) is 88.9. The average molecular weight is 811 g/mol. The second kappa shape index (κ2) is 15.9. The lowest BCUT2D eigenvalue weighted by atomic mass is 9.83. The van der Waals surface area contributed by atoms with Crippen molar-refractivity contribution in [2.45, 2.75) is 0 Å². The van der Waals surface area contributed by atoms with Gasteiger partial charge in [-0.05, 0) is 139 Å². The number of hydrogen-bond donors (Lipinski definition) is 0. The van der Waals surface area contributed by atoms with E-state index in [0.717, 1.165) is 0 Å². The summed E-state index contributed by atoms with van der Waals surface area (Å²) in [5.74, 6) is 0. The molecule has 0 aliphatic rings. The van der Waals surface area contributed by atoms with E-state index in [4.69, 9.17) is 0 Å². The second-order valence-corrected chi connectivity index (χ2v) is 16.7. The summed E-state index contributed by atoms with van der Waals surface area (Å²) in [7, 11) is 0. The highest BCUT2D eigenvalue weighted by atomic mass is 14.2. The Morgan fingerprint density at radius 2 is 0.578 bits per heavy atom. The maximum atomic E-state index is 2.38. The first-order valence-electron chi connectivity index (χ1n) is 22.2. The summed E-state index contributed by atoms with van der Waals surface area (Å²) in [6.45, 7) is 0. The molecule has 0 unspecified atom stereocenters. The van der Waals surface area contributed by atoms with Gasteiger partial charge in [0.2, 0.25) is 0 Å². The van der Waals surface area contributed by atoms with Crippen molar-refractivity contribution in [1.82, 2.24) is 0 Å². The maximum absolute atomic E-state index is 2.38. The molecule has 0 amide bonds. The predicted molar refractivity (Wildman–Crippen MR) is 277 cm³/mol. The van der Waals surface area contributed by atoms with E-state index in [1.807, 2.05) is 0 Å². The van der Waals surface area contributed by atoms with Crippen LogP contribution in [0, 0.1) is 0 Å². The van der Waals surface area contributed by atoms with Crippen molar-refractivity contribution in [2.75, 3.05) is 0 Å². The summed E-state index contributed by atoms with van der Waals surface area (Å²) in [6.07, 6.45) is 4.60. The smallest absolute Gasteiger partial charge is 0.00201 e. The molecule has 0 heterocycles. The molecule has 0 saturated carbocycles. The molecule has 0 aliphatic heterocycles. The molecule has 12 aromatic rings. The highest BCUT2D eigenvalue weighted by Gasteiger charge is 2.20. The standard InChI is InChI=1S/C64H42/c1-3-18-43(19-4-1)48-40-49(44-20-5-2-6-21-44)42-50(41-48)63-58-29-13-15-31-60(58)64(61-32-16-14-30-59(61)63)62-39-37-47(53-26-10-12-28-56(53)62)35-34-46-36-38-57(54-27-11-9-25-52(46)54)55-33-17-23-45-22-7-8-24-51(45)55/h1-42H/b35-34+. The molecule has 0 fully saturated rings. The van der Waals surface area contributed by atoms with E-state index in [1.54, 1.807) is 0 Å². The molecule has 0 radical (unpaired) electrons. The van der Waals surface area contributed by atoms with Crippen LogP contribution in [0.15, 0.2) is 243 Å². The second-order valence-electron chi connectivity index (χ2n) is 16.7. The first-order valence-corrected chi connectivity index (χ1v) is 22.2. The molecule has 0 bridgehead atoms. The molecule has 0 saturated heterocycles. The van der Waals surface area contributed by atoms with Gasteiger partial charge in [-0.3, -0.25) is 0 Å². The Bertz CT molecular complexity index is 3640. The lowest BCUT2D eigenvalue weighted by Crippen LogP contribution is -1.93. The lowest BCUT2D eigenvalue weighted by molar-refractivity contribution is 1.58. The lowest BCUT2D eigenvalue weighted by Gasteiger charge is -2.20. The summed E-state index contributed by atoms with van der Waals surface area (Å²) >= 11 is 0. The minimum Gasteiger partial charge on any atom is -0.0622 e. The Balaban J connectivity index is 1.01. The number of rotatable bonds is 7. The van der Waals surface area contributed by atoms with Gasteiger partial charge in [-0.2, -0.15) is 0 Å². The van der Waals surface area contributed by atoms with Crippen molar-refractivity contribution >= 4 is 66.0 Å². The van der Waals surface area contributed by atoms with E-state index in [9.17, 15) is 0 Å². The monoisotopic (exact) mass is 810 g/mol. The molecule has 0 spiro atoms. The Labute approximate surface area is 373 Å². The maximum Gasteiger partial charge on any atom is -0.00201 e. The van der Waals surface area contributed by atoms with Gasteiger partial charge in [0.15, 0.2) is 0 Å². The van der Waals surface area contributed by atoms with Gasteiger partial charge in [0.1, 0.15) is 0 Å². The Hall–Kier alpha value is -8.32. The number of hydrogen-bond acceptors (Lipinski definition) is 0. The van der Waals surface area contributed by atoms with E-state index in [-0.39, 0.29) is 0 Å². The van der Waals surface area contributed by atoms with Crippen molar-refractivity contribution < 1.29 is 0 Å². The van der Waals surface area contributed by atoms with Gasteiger partial charge < -0.3 is 0 Å². The summed E-state index contributed by atoms with van der Waals surface area (Å²) in [4.78, 5) is 0. The molecule has 12 rings (SSSR count). The van der Waals surface area contributed by atoms with Gasteiger partial charge in [0.25, 0.3) is 0 Å².